The van der Waals surface area contributed by atoms with E-state index < -0.39 is 11.7 Å². The smallest absolute Gasteiger partial charge is 0.255 e. The molecule has 1 aromatic rings. The average Bonchev–Trinajstić information content (AvgIpc) is 2.17. The van der Waals surface area contributed by atoms with E-state index in [1.54, 1.807) is 13.0 Å². The molecule has 0 saturated heterocycles. The fraction of sp³-hybridized carbons (Fsp3) is 0.300. The van der Waals surface area contributed by atoms with Crippen LogP contribution in [0.1, 0.15) is 17.3 Å². The number of rotatable bonds is 3. The molecule has 1 aromatic carbocycles. The van der Waals surface area contributed by atoms with Crippen molar-refractivity contribution in [3.8, 4) is 0 Å². The normalized spacial score (nSPS) is 12.3. The Morgan fingerprint density at radius 3 is 2.87 bits per heavy atom. The second kappa shape index (κ2) is 5.23. The van der Waals surface area contributed by atoms with Gasteiger partial charge < -0.3 is 11.1 Å². The summed E-state index contributed by atoms with van der Waals surface area (Å²) in [6.07, 6.45) is 0. The molecule has 0 aliphatic heterocycles. The molecule has 82 valence electrons. The molecule has 15 heavy (non-hydrogen) atoms. The van der Waals surface area contributed by atoms with Crippen LogP contribution in [0.2, 0.25) is 0 Å². The third-order valence-electron chi connectivity index (χ3n) is 1.92. The molecule has 1 rings (SSSR count). The molecular formula is C10H12BrFN2O. The summed E-state index contributed by atoms with van der Waals surface area (Å²) in [5.74, 6) is -1.01. The highest BCUT2D eigenvalue weighted by Gasteiger charge is 2.16. The largest absolute Gasteiger partial charge is 0.348 e. The van der Waals surface area contributed by atoms with Gasteiger partial charge in [-0.3, -0.25) is 4.79 Å². The summed E-state index contributed by atoms with van der Waals surface area (Å²) >= 11 is 3.13. The van der Waals surface area contributed by atoms with Crippen molar-refractivity contribution in [1.29, 1.82) is 0 Å². The molecule has 0 unspecified atom stereocenters. The van der Waals surface area contributed by atoms with Crippen molar-refractivity contribution in [3.63, 3.8) is 0 Å². The highest BCUT2D eigenvalue weighted by molar-refractivity contribution is 9.10. The van der Waals surface area contributed by atoms with Gasteiger partial charge in [-0.05, 0) is 35.0 Å². The van der Waals surface area contributed by atoms with Crippen molar-refractivity contribution in [2.75, 3.05) is 6.54 Å². The number of hydrogen-bond donors (Lipinski definition) is 2. The zero-order valence-electron chi connectivity index (χ0n) is 8.26. The standard InChI is InChI=1S/C10H12BrFN2O/c1-6(5-13)14-10(15)9-7(11)3-2-4-8(9)12/h2-4,6H,5,13H2,1H3,(H,14,15)/t6-/m1/s1. The summed E-state index contributed by atoms with van der Waals surface area (Å²) < 4.78 is 13.8. The molecule has 3 nitrogen and oxygen atoms in total. The van der Waals surface area contributed by atoms with Gasteiger partial charge in [-0.15, -0.1) is 0 Å². The van der Waals surface area contributed by atoms with E-state index in [0.717, 1.165) is 0 Å². The lowest BCUT2D eigenvalue weighted by Crippen LogP contribution is -2.38. The van der Waals surface area contributed by atoms with Gasteiger partial charge in [-0.1, -0.05) is 6.07 Å². The Labute approximate surface area is 96.0 Å². The number of hydrogen-bond acceptors (Lipinski definition) is 2. The van der Waals surface area contributed by atoms with E-state index in [1.807, 2.05) is 0 Å². The minimum atomic E-state index is -0.550. The maximum absolute atomic E-state index is 13.3. The third-order valence-corrected chi connectivity index (χ3v) is 2.58. The number of amides is 1. The highest BCUT2D eigenvalue weighted by atomic mass is 79.9. The van der Waals surface area contributed by atoms with Crippen LogP contribution in [-0.2, 0) is 0 Å². The van der Waals surface area contributed by atoms with Crippen molar-refractivity contribution in [1.82, 2.24) is 5.32 Å². The number of carbonyl (C=O) groups excluding carboxylic acids is 1. The van der Waals surface area contributed by atoms with E-state index in [0.29, 0.717) is 11.0 Å². The van der Waals surface area contributed by atoms with Gasteiger partial charge in [0.05, 0.1) is 5.56 Å². The van der Waals surface area contributed by atoms with Crippen molar-refractivity contribution in [2.45, 2.75) is 13.0 Å². The average molecular weight is 275 g/mol. The Kier molecular flexibility index (Phi) is 4.23. The second-order valence-electron chi connectivity index (χ2n) is 3.21. The lowest BCUT2D eigenvalue weighted by atomic mass is 10.2. The van der Waals surface area contributed by atoms with Crippen LogP contribution in [0.5, 0.6) is 0 Å². The molecule has 3 N–H and O–H groups in total. The fourth-order valence-corrected chi connectivity index (χ4v) is 1.59. The van der Waals surface area contributed by atoms with Crippen molar-refractivity contribution in [3.05, 3.63) is 34.1 Å². The quantitative estimate of drug-likeness (QED) is 0.881. The van der Waals surface area contributed by atoms with Crippen LogP contribution in [0, 0.1) is 5.82 Å². The van der Waals surface area contributed by atoms with Gasteiger partial charge in [-0.25, -0.2) is 4.39 Å². The van der Waals surface area contributed by atoms with Crippen LogP contribution in [-0.4, -0.2) is 18.5 Å². The van der Waals surface area contributed by atoms with Gasteiger partial charge in [-0.2, -0.15) is 0 Å². The summed E-state index contributed by atoms with van der Waals surface area (Å²) in [6, 6.07) is 4.21. The summed E-state index contributed by atoms with van der Waals surface area (Å²) in [4.78, 5) is 11.6. The van der Waals surface area contributed by atoms with Crippen LogP contribution in [0.4, 0.5) is 4.39 Å². The molecular weight excluding hydrogens is 263 g/mol. The van der Waals surface area contributed by atoms with Gasteiger partial charge in [0.1, 0.15) is 5.82 Å². The highest BCUT2D eigenvalue weighted by Crippen LogP contribution is 2.19. The zero-order chi connectivity index (χ0) is 11.4. The topological polar surface area (TPSA) is 55.1 Å². The van der Waals surface area contributed by atoms with Gasteiger partial charge in [0.15, 0.2) is 0 Å². The predicted molar refractivity (Wildman–Crippen MR) is 60.1 cm³/mol. The lowest BCUT2D eigenvalue weighted by Gasteiger charge is -2.12. The van der Waals surface area contributed by atoms with Gasteiger partial charge in [0, 0.05) is 17.1 Å². The first-order chi connectivity index (χ1) is 7.06. The SMILES string of the molecule is C[C@H](CN)NC(=O)c1c(F)cccc1Br. The van der Waals surface area contributed by atoms with E-state index in [2.05, 4.69) is 21.2 Å². The molecule has 1 amide bonds. The Morgan fingerprint density at radius 1 is 1.67 bits per heavy atom. The number of carbonyl (C=O) groups is 1. The molecule has 0 aliphatic carbocycles. The number of nitrogens with one attached hydrogen (secondary N) is 1. The minimum Gasteiger partial charge on any atom is -0.348 e. The summed E-state index contributed by atoms with van der Waals surface area (Å²) in [5.41, 5.74) is 5.37. The summed E-state index contributed by atoms with van der Waals surface area (Å²) in [6.45, 7) is 2.07. The monoisotopic (exact) mass is 274 g/mol. The molecule has 0 heterocycles. The van der Waals surface area contributed by atoms with E-state index in [4.69, 9.17) is 5.73 Å². The Bertz CT molecular complexity index is 350. The van der Waals surface area contributed by atoms with Crippen LogP contribution in [0.25, 0.3) is 0 Å². The molecule has 0 aromatic heterocycles. The first kappa shape index (κ1) is 12.1. The Hall–Kier alpha value is -0.940. The fourth-order valence-electron chi connectivity index (χ4n) is 1.07. The van der Waals surface area contributed by atoms with Crippen LogP contribution < -0.4 is 11.1 Å². The molecule has 5 heteroatoms. The molecule has 0 saturated carbocycles. The minimum absolute atomic E-state index is 0.0119. The van der Waals surface area contributed by atoms with Crippen LogP contribution >= 0.6 is 15.9 Å². The van der Waals surface area contributed by atoms with Crippen LogP contribution in [0.15, 0.2) is 22.7 Å². The molecule has 0 aliphatic rings. The summed E-state index contributed by atoms with van der Waals surface area (Å²) in [7, 11) is 0. The number of halogens is 2. The van der Waals surface area contributed by atoms with E-state index in [-0.39, 0.29) is 11.6 Å². The first-order valence-corrected chi connectivity index (χ1v) is 5.30. The van der Waals surface area contributed by atoms with Gasteiger partial charge in [0.25, 0.3) is 5.91 Å². The predicted octanol–water partition coefficient (Wildman–Crippen LogP) is 1.67. The molecule has 1 atom stereocenters. The Morgan fingerprint density at radius 2 is 2.33 bits per heavy atom. The zero-order valence-corrected chi connectivity index (χ0v) is 9.84. The molecule has 0 fully saturated rings. The van der Waals surface area contributed by atoms with Crippen molar-refractivity contribution >= 4 is 21.8 Å². The third kappa shape index (κ3) is 3.00. The van der Waals surface area contributed by atoms with Gasteiger partial charge in [0.2, 0.25) is 0 Å². The molecule has 0 spiro atoms. The van der Waals surface area contributed by atoms with Crippen molar-refractivity contribution in [2.24, 2.45) is 5.73 Å². The second-order valence-corrected chi connectivity index (χ2v) is 4.06. The van der Waals surface area contributed by atoms with E-state index >= 15 is 0 Å². The summed E-state index contributed by atoms with van der Waals surface area (Å²) in [5, 5.41) is 2.59. The van der Waals surface area contributed by atoms with E-state index in [1.165, 1.54) is 12.1 Å². The number of nitrogens with two attached hydrogens (primary N) is 1. The van der Waals surface area contributed by atoms with Crippen LogP contribution in [0.3, 0.4) is 0 Å². The van der Waals surface area contributed by atoms with Crippen molar-refractivity contribution < 1.29 is 9.18 Å². The Balaban J connectivity index is 2.91. The maximum atomic E-state index is 13.3. The molecule has 0 radical (unpaired) electrons. The molecule has 0 bridgehead atoms. The lowest BCUT2D eigenvalue weighted by molar-refractivity contribution is 0.0936. The number of benzene rings is 1. The van der Waals surface area contributed by atoms with Gasteiger partial charge >= 0.3 is 0 Å². The first-order valence-electron chi connectivity index (χ1n) is 4.51. The van der Waals surface area contributed by atoms with E-state index in [9.17, 15) is 9.18 Å². The maximum Gasteiger partial charge on any atom is 0.255 e.